The fraction of sp³-hybridized carbons (Fsp3) is 0.684. The summed E-state index contributed by atoms with van der Waals surface area (Å²) in [7, 11) is 0. The van der Waals surface area contributed by atoms with Gasteiger partial charge in [0.2, 0.25) is 0 Å². The van der Waals surface area contributed by atoms with Gasteiger partial charge in [-0.1, -0.05) is 89.5 Å². The molecule has 0 aromatic heterocycles. The lowest BCUT2D eigenvalue weighted by Gasteiger charge is -2.29. The van der Waals surface area contributed by atoms with Gasteiger partial charge in [-0.2, -0.15) is 0 Å². The van der Waals surface area contributed by atoms with E-state index in [1.54, 1.807) is 0 Å². The van der Waals surface area contributed by atoms with Gasteiger partial charge in [0.15, 0.2) is 0 Å². The lowest BCUT2D eigenvalue weighted by molar-refractivity contribution is 0.266. The standard InChI is InChI=1S/C38H58O2/c1-3-5-7-11-31-13-17-33(18-14-31)35-21-25-37(26-22-35)39-29-9-10-30-40-38-27-23-36(24-28-38)34-19-15-32(16-20-34)12-8-6-4-2/h21-28,31-34H,3-20,29-30H2,1-2H3. The van der Waals surface area contributed by atoms with Crippen LogP contribution in [0.25, 0.3) is 0 Å². The molecule has 2 aliphatic carbocycles. The Hall–Kier alpha value is -1.96. The van der Waals surface area contributed by atoms with Crippen LogP contribution in [0.4, 0.5) is 0 Å². The predicted octanol–water partition coefficient (Wildman–Crippen LogP) is 11.6. The quantitative estimate of drug-likeness (QED) is 0.184. The predicted molar refractivity (Wildman–Crippen MR) is 171 cm³/mol. The smallest absolute Gasteiger partial charge is 0.119 e. The van der Waals surface area contributed by atoms with E-state index in [2.05, 4.69) is 62.4 Å². The zero-order chi connectivity index (χ0) is 27.8. The Morgan fingerprint density at radius 2 is 0.850 bits per heavy atom. The van der Waals surface area contributed by atoms with Gasteiger partial charge in [0.1, 0.15) is 11.5 Å². The number of ether oxygens (including phenoxy) is 2. The van der Waals surface area contributed by atoms with Crippen molar-refractivity contribution in [1.29, 1.82) is 0 Å². The molecule has 2 heteroatoms. The summed E-state index contributed by atoms with van der Waals surface area (Å²) in [6, 6.07) is 18.0. The van der Waals surface area contributed by atoms with E-state index in [1.165, 1.54) is 114 Å². The first kappa shape index (κ1) is 31.0. The molecule has 2 nitrogen and oxygen atoms in total. The van der Waals surface area contributed by atoms with E-state index >= 15 is 0 Å². The monoisotopic (exact) mass is 546 g/mol. The van der Waals surface area contributed by atoms with Crippen LogP contribution < -0.4 is 9.47 Å². The summed E-state index contributed by atoms with van der Waals surface area (Å²) in [6.45, 7) is 6.12. The van der Waals surface area contributed by atoms with Crippen LogP contribution in [-0.2, 0) is 0 Å². The Labute approximate surface area is 246 Å². The molecule has 0 radical (unpaired) electrons. The Morgan fingerprint density at radius 1 is 0.475 bits per heavy atom. The van der Waals surface area contributed by atoms with Crippen LogP contribution in [0.1, 0.15) is 152 Å². The highest BCUT2D eigenvalue weighted by Gasteiger charge is 2.23. The van der Waals surface area contributed by atoms with E-state index in [0.29, 0.717) is 0 Å². The normalized spacial score (nSPS) is 23.1. The molecule has 0 atom stereocenters. The second-order valence-corrected chi connectivity index (χ2v) is 13.0. The molecule has 0 unspecified atom stereocenters. The molecule has 222 valence electrons. The van der Waals surface area contributed by atoms with Gasteiger partial charge in [0.25, 0.3) is 0 Å². The van der Waals surface area contributed by atoms with Crippen molar-refractivity contribution in [1.82, 2.24) is 0 Å². The van der Waals surface area contributed by atoms with Crippen LogP contribution in [0.2, 0.25) is 0 Å². The van der Waals surface area contributed by atoms with Crippen molar-refractivity contribution in [3.8, 4) is 11.5 Å². The van der Waals surface area contributed by atoms with Crippen molar-refractivity contribution in [3.63, 3.8) is 0 Å². The number of unbranched alkanes of at least 4 members (excludes halogenated alkanes) is 5. The van der Waals surface area contributed by atoms with Crippen molar-refractivity contribution in [2.45, 2.75) is 141 Å². The number of hydrogen-bond acceptors (Lipinski definition) is 2. The van der Waals surface area contributed by atoms with Crippen molar-refractivity contribution in [2.24, 2.45) is 11.8 Å². The molecule has 0 N–H and O–H groups in total. The summed E-state index contributed by atoms with van der Waals surface area (Å²) in [5, 5.41) is 0. The second-order valence-electron chi connectivity index (χ2n) is 13.0. The number of rotatable bonds is 17. The van der Waals surface area contributed by atoms with E-state index in [9.17, 15) is 0 Å². The topological polar surface area (TPSA) is 18.5 Å². The van der Waals surface area contributed by atoms with Crippen molar-refractivity contribution >= 4 is 0 Å². The molecule has 2 fully saturated rings. The van der Waals surface area contributed by atoms with E-state index in [-0.39, 0.29) is 0 Å². The average Bonchev–Trinajstić information content (AvgIpc) is 3.01. The largest absolute Gasteiger partial charge is 0.494 e. The Kier molecular flexibility index (Phi) is 13.8. The number of benzene rings is 2. The minimum absolute atomic E-state index is 0.748. The van der Waals surface area contributed by atoms with Crippen molar-refractivity contribution < 1.29 is 9.47 Å². The summed E-state index contributed by atoms with van der Waals surface area (Å²) in [5.41, 5.74) is 3.02. The Balaban J connectivity index is 1.05. The SMILES string of the molecule is CCCCCC1CCC(c2ccc(OCCCCOc3ccc(C4CCC(CCCCC)CC4)cc3)cc2)CC1. The minimum atomic E-state index is 0.748. The van der Waals surface area contributed by atoms with Gasteiger partial charge in [-0.3, -0.25) is 0 Å². The van der Waals surface area contributed by atoms with Gasteiger partial charge in [-0.25, -0.2) is 0 Å². The summed E-state index contributed by atoms with van der Waals surface area (Å²) in [6.07, 6.45) is 24.4. The third-order valence-electron chi connectivity index (χ3n) is 9.90. The van der Waals surface area contributed by atoms with E-state index in [0.717, 1.165) is 61.2 Å². The van der Waals surface area contributed by atoms with Gasteiger partial charge in [-0.05, 0) is 123 Å². The fourth-order valence-corrected chi connectivity index (χ4v) is 7.19. The highest BCUT2D eigenvalue weighted by Crippen LogP contribution is 2.39. The van der Waals surface area contributed by atoms with Gasteiger partial charge in [0.05, 0.1) is 13.2 Å². The summed E-state index contributed by atoms with van der Waals surface area (Å²) >= 11 is 0. The van der Waals surface area contributed by atoms with Crippen LogP contribution in [0.5, 0.6) is 11.5 Å². The van der Waals surface area contributed by atoms with E-state index < -0.39 is 0 Å². The highest BCUT2D eigenvalue weighted by atomic mass is 16.5. The van der Waals surface area contributed by atoms with Gasteiger partial charge < -0.3 is 9.47 Å². The first-order valence-corrected chi connectivity index (χ1v) is 17.2. The summed E-state index contributed by atoms with van der Waals surface area (Å²) in [5.74, 6) is 5.45. The molecule has 2 aromatic carbocycles. The minimum Gasteiger partial charge on any atom is -0.494 e. The Bertz CT molecular complexity index is 824. The molecule has 0 spiro atoms. The highest BCUT2D eigenvalue weighted by molar-refractivity contribution is 5.30. The molecular formula is C38H58O2. The maximum atomic E-state index is 6.03. The average molecular weight is 547 g/mol. The maximum Gasteiger partial charge on any atom is 0.119 e. The van der Waals surface area contributed by atoms with Crippen molar-refractivity contribution in [2.75, 3.05) is 13.2 Å². The summed E-state index contributed by atoms with van der Waals surface area (Å²) in [4.78, 5) is 0. The van der Waals surface area contributed by atoms with Crippen LogP contribution in [-0.4, -0.2) is 13.2 Å². The molecular weight excluding hydrogens is 488 g/mol. The summed E-state index contributed by atoms with van der Waals surface area (Å²) < 4.78 is 12.1. The van der Waals surface area contributed by atoms with Crippen molar-refractivity contribution in [3.05, 3.63) is 59.7 Å². The van der Waals surface area contributed by atoms with Gasteiger partial charge in [-0.15, -0.1) is 0 Å². The maximum absolute atomic E-state index is 6.03. The molecule has 0 aliphatic heterocycles. The van der Waals surface area contributed by atoms with Crippen LogP contribution in [0.15, 0.2) is 48.5 Å². The molecule has 2 aliphatic rings. The molecule has 2 aromatic rings. The van der Waals surface area contributed by atoms with Crippen LogP contribution in [0.3, 0.4) is 0 Å². The third-order valence-corrected chi connectivity index (χ3v) is 9.90. The van der Waals surface area contributed by atoms with E-state index in [4.69, 9.17) is 9.47 Å². The molecule has 0 saturated heterocycles. The second kappa shape index (κ2) is 17.8. The van der Waals surface area contributed by atoms with E-state index in [1.807, 2.05) is 0 Å². The molecule has 2 saturated carbocycles. The first-order valence-electron chi connectivity index (χ1n) is 17.2. The fourth-order valence-electron chi connectivity index (χ4n) is 7.19. The zero-order valence-electron chi connectivity index (χ0n) is 25.9. The number of hydrogen-bond donors (Lipinski definition) is 0. The van der Waals surface area contributed by atoms with Gasteiger partial charge in [0, 0.05) is 0 Å². The molecule has 4 rings (SSSR count). The molecule has 0 amide bonds. The van der Waals surface area contributed by atoms with Gasteiger partial charge >= 0.3 is 0 Å². The van der Waals surface area contributed by atoms with Crippen LogP contribution in [0, 0.1) is 11.8 Å². The lowest BCUT2D eigenvalue weighted by atomic mass is 9.77. The van der Waals surface area contributed by atoms with Crippen LogP contribution >= 0.6 is 0 Å². The molecule has 0 bridgehead atoms. The zero-order valence-corrected chi connectivity index (χ0v) is 25.9. The Morgan fingerprint density at radius 3 is 1.20 bits per heavy atom. The first-order chi connectivity index (χ1) is 19.7. The molecule has 0 heterocycles. The molecule has 40 heavy (non-hydrogen) atoms. The lowest BCUT2D eigenvalue weighted by Crippen LogP contribution is -2.13. The third kappa shape index (κ3) is 10.5.